The Morgan fingerprint density at radius 1 is 1.44 bits per heavy atom. The van der Waals surface area contributed by atoms with Crippen LogP contribution in [0.4, 0.5) is 11.5 Å². The number of nitrogens with zero attached hydrogens (tertiary/aromatic N) is 2. The largest absolute Gasteiger partial charge is 0.355 e. The lowest BCUT2D eigenvalue weighted by Crippen LogP contribution is -2.21. The van der Waals surface area contributed by atoms with Crippen molar-refractivity contribution in [3.05, 3.63) is 41.6 Å². The Morgan fingerprint density at radius 3 is 3.06 bits per heavy atom. The Labute approximate surface area is 111 Å². The highest BCUT2D eigenvalue weighted by Crippen LogP contribution is 2.31. The maximum absolute atomic E-state index is 4.40. The molecular weight excluding hydrogens is 244 g/mol. The van der Waals surface area contributed by atoms with Crippen LogP contribution < -0.4 is 10.6 Å². The van der Waals surface area contributed by atoms with Crippen LogP contribution in [0.25, 0.3) is 0 Å². The van der Waals surface area contributed by atoms with Crippen molar-refractivity contribution in [1.82, 2.24) is 9.19 Å². The second kappa shape index (κ2) is 4.57. The molecule has 2 N–H and O–H groups in total. The summed E-state index contributed by atoms with van der Waals surface area (Å²) in [7, 11) is 0. The van der Waals surface area contributed by atoms with E-state index in [1.54, 1.807) is 11.9 Å². The number of benzene rings is 1. The van der Waals surface area contributed by atoms with Crippen LogP contribution >= 0.6 is 11.9 Å². The molecule has 0 spiro atoms. The fourth-order valence-electron chi connectivity index (χ4n) is 2.09. The highest BCUT2D eigenvalue weighted by molar-refractivity contribution is 7.98. The van der Waals surface area contributed by atoms with Gasteiger partial charge in [0.25, 0.3) is 0 Å². The molecule has 5 heteroatoms. The third kappa shape index (κ3) is 2.06. The lowest BCUT2D eigenvalue weighted by Gasteiger charge is -2.15. The van der Waals surface area contributed by atoms with Gasteiger partial charge in [0, 0.05) is 23.7 Å². The Hall–Kier alpha value is -1.62. The molecule has 1 aliphatic rings. The van der Waals surface area contributed by atoms with Crippen molar-refractivity contribution >= 4 is 23.5 Å². The molecule has 0 unspecified atom stereocenters. The number of anilines is 2. The lowest BCUT2D eigenvalue weighted by atomic mass is 10.1. The zero-order valence-electron chi connectivity index (χ0n) is 10.5. The molecule has 0 bridgehead atoms. The zero-order valence-corrected chi connectivity index (χ0v) is 11.3. The van der Waals surface area contributed by atoms with Crippen LogP contribution in [0.5, 0.6) is 0 Å². The second-order valence-electron chi connectivity index (χ2n) is 4.33. The molecule has 0 amide bonds. The first-order valence-corrected chi connectivity index (χ1v) is 6.94. The standard InChI is InChI=1S/C13H16N4S/c1-3-10-6-4-5-7-11(10)14-13-15-12-8-9(2)16-17(12)18-13/h4-8,13-15H,3H2,1-2H3/t13-/m0/s1. The van der Waals surface area contributed by atoms with E-state index in [0.717, 1.165) is 17.9 Å². The Morgan fingerprint density at radius 2 is 2.28 bits per heavy atom. The van der Waals surface area contributed by atoms with Crippen LogP contribution in [0.3, 0.4) is 0 Å². The summed E-state index contributed by atoms with van der Waals surface area (Å²) >= 11 is 1.65. The van der Waals surface area contributed by atoms with Crippen molar-refractivity contribution in [3.63, 3.8) is 0 Å². The van der Waals surface area contributed by atoms with Crippen molar-refractivity contribution in [2.45, 2.75) is 25.8 Å². The molecule has 4 nitrogen and oxygen atoms in total. The Balaban J connectivity index is 1.74. The summed E-state index contributed by atoms with van der Waals surface area (Å²) in [6.45, 7) is 4.17. The molecule has 2 aromatic rings. The number of para-hydroxylation sites is 1. The van der Waals surface area contributed by atoms with Crippen LogP contribution in [-0.4, -0.2) is 14.7 Å². The van der Waals surface area contributed by atoms with Crippen molar-refractivity contribution in [2.24, 2.45) is 0 Å². The lowest BCUT2D eigenvalue weighted by molar-refractivity contribution is 0.996. The van der Waals surface area contributed by atoms with E-state index in [0.29, 0.717) is 0 Å². The molecule has 0 aliphatic carbocycles. The molecule has 1 aliphatic heterocycles. The SMILES string of the molecule is CCc1ccccc1N[C@H]1Nc2cc(C)nn2S1. The molecule has 1 aromatic carbocycles. The summed E-state index contributed by atoms with van der Waals surface area (Å²) in [6, 6.07) is 10.5. The number of fused-ring (bicyclic) bond motifs is 1. The first kappa shape index (κ1) is 11.5. The van der Waals surface area contributed by atoms with E-state index in [1.165, 1.54) is 11.3 Å². The third-order valence-corrected chi connectivity index (χ3v) is 3.89. The van der Waals surface area contributed by atoms with E-state index in [-0.39, 0.29) is 5.50 Å². The molecule has 1 atom stereocenters. The van der Waals surface area contributed by atoms with Crippen molar-refractivity contribution < 1.29 is 0 Å². The van der Waals surface area contributed by atoms with Gasteiger partial charge in [-0.1, -0.05) is 25.1 Å². The fourth-order valence-corrected chi connectivity index (χ4v) is 3.04. The minimum Gasteiger partial charge on any atom is -0.355 e. The third-order valence-electron chi connectivity index (χ3n) is 2.97. The monoisotopic (exact) mass is 260 g/mol. The van der Waals surface area contributed by atoms with Crippen LogP contribution in [-0.2, 0) is 6.42 Å². The van der Waals surface area contributed by atoms with E-state index in [4.69, 9.17) is 0 Å². The van der Waals surface area contributed by atoms with Gasteiger partial charge in [0.05, 0.1) is 5.69 Å². The van der Waals surface area contributed by atoms with Gasteiger partial charge >= 0.3 is 0 Å². The van der Waals surface area contributed by atoms with Crippen LogP contribution in [0.15, 0.2) is 30.3 Å². The predicted molar refractivity (Wildman–Crippen MR) is 76.8 cm³/mol. The molecular formula is C13H16N4S. The van der Waals surface area contributed by atoms with Gasteiger partial charge in [-0.15, -0.1) is 0 Å². The van der Waals surface area contributed by atoms with E-state index < -0.39 is 0 Å². The number of rotatable bonds is 3. The first-order valence-electron chi connectivity index (χ1n) is 6.11. The van der Waals surface area contributed by atoms with Crippen LogP contribution in [0.2, 0.25) is 0 Å². The number of aromatic nitrogens is 2. The smallest absolute Gasteiger partial charge is 0.168 e. The van der Waals surface area contributed by atoms with Crippen molar-refractivity contribution in [1.29, 1.82) is 0 Å². The van der Waals surface area contributed by atoms with E-state index >= 15 is 0 Å². The Kier molecular flexibility index (Phi) is 2.91. The minimum absolute atomic E-state index is 0.140. The minimum atomic E-state index is 0.140. The summed E-state index contributed by atoms with van der Waals surface area (Å²) in [5, 5.41) is 11.3. The molecule has 1 aromatic heterocycles. The number of nitrogens with one attached hydrogen (secondary N) is 2. The van der Waals surface area contributed by atoms with Crippen molar-refractivity contribution in [3.8, 4) is 0 Å². The normalized spacial score (nSPS) is 17.3. The molecule has 3 rings (SSSR count). The molecule has 2 heterocycles. The van der Waals surface area contributed by atoms with Gasteiger partial charge in [0.1, 0.15) is 5.82 Å². The zero-order chi connectivity index (χ0) is 12.5. The topological polar surface area (TPSA) is 41.9 Å². The summed E-state index contributed by atoms with van der Waals surface area (Å²) in [4.78, 5) is 0. The maximum atomic E-state index is 4.40. The highest BCUT2D eigenvalue weighted by Gasteiger charge is 2.23. The van der Waals surface area contributed by atoms with Gasteiger partial charge < -0.3 is 10.6 Å². The van der Waals surface area contributed by atoms with Crippen molar-refractivity contribution in [2.75, 3.05) is 10.6 Å². The molecule has 0 radical (unpaired) electrons. The van der Waals surface area contributed by atoms with Crippen LogP contribution in [0, 0.1) is 6.92 Å². The highest BCUT2D eigenvalue weighted by atomic mass is 32.2. The maximum Gasteiger partial charge on any atom is 0.168 e. The molecule has 18 heavy (non-hydrogen) atoms. The summed E-state index contributed by atoms with van der Waals surface area (Å²) in [5.41, 5.74) is 3.70. The van der Waals surface area contributed by atoms with Crippen LogP contribution in [0.1, 0.15) is 18.2 Å². The van der Waals surface area contributed by atoms with E-state index in [1.807, 2.05) is 11.0 Å². The molecule has 0 saturated heterocycles. The van der Waals surface area contributed by atoms with Gasteiger partial charge in [-0.25, -0.2) is 0 Å². The van der Waals surface area contributed by atoms with E-state index in [9.17, 15) is 0 Å². The summed E-state index contributed by atoms with van der Waals surface area (Å²) in [6.07, 6.45) is 1.03. The quantitative estimate of drug-likeness (QED) is 0.890. The number of hydrogen-bond donors (Lipinski definition) is 2. The molecule has 94 valence electrons. The fraction of sp³-hybridized carbons (Fsp3) is 0.308. The average molecular weight is 260 g/mol. The molecule has 0 fully saturated rings. The van der Waals surface area contributed by atoms with Gasteiger partial charge in [0.2, 0.25) is 0 Å². The van der Waals surface area contributed by atoms with Gasteiger partial charge in [-0.3, -0.25) is 0 Å². The number of hydrogen-bond acceptors (Lipinski definition) is 4. The number of aryl methyl sites for hydroxylation is 2. The van der Waals surface area contributed by atoms with Gasteiger partial charge in [0.15, 0.2) is 5.50 Å². The summed E-state index contributed by atoms with van der Waals surface area (Å²) < 4.78 is 1.93. The molecule has 0 saturated carbocycles. The Bertz CT molecular complexity index is 540. The first-order chi connectivity index (χ1) is 8.76. The average Bonchev–Trinajstić information content (AvgIpc) is 2.86. The van der Waals surface area contributed by atoms with Gasteiger partial charge in [-0.2, -0.15) is 9.19 Å². The second-order valence-corrected chi connectivity index (χ2v) is 5.36. The predicted octanol–water partition coefficient (Wildman–Crippen LogP) is 3.07. The van der Waals surface area contributed by atoms with Gasteiger partial charge in [-0.05, 0) is 25.0 Å². The van der Waals surface area contributed by atoms with E-state index in [2.05, 4.69) is 53.0 Å². The summed E-state index contributed by atoms with van der Waals surface area (Å²) in [5.74, 6) is 1.06.